The van der Waals surface area contributed by atoms with Crippen LogP contribution in [0.15, 0.2) is 30.7 Å². The molecule has 3 aromatic rings. The van der Waals surface area contributed by atoms with Gasteiger partial charge in [-0.05, 0) is 12.1 Å². The SMILES string of the molecule is COc1cc2c(C(=O)NCc3nccn3C)nccc2c([N+](=O)[O-])c1OC. The Morgan fingerprint density at radius 1 is 1.26 bits per heavy atom. The topological polar surface area (TPSA) is 121 Å². The number of ether oxygens (including phenoxy) is 2. The Morgan fingerprint density at radius 3 is 2.63 bits per heavy atom. The first-order chi connectivity index (χ1) is 13.0. The summed E-state index contributed by atoms with van der Waals surface area (Å²) in [5, 5.41) is 14.8. The number of carbonyl (C=O) groups is 1. The average molecular weight is 371 g/mol. The molecule has 1 N–H and O–H groups in total. The summed E-state index contributed by atoms with van der Waals surface area (Å²) in [6, 6.07) is 2.97. The molecule has 0 fully saturated rings. The van der Waals surface area contributed by atoms with E-state index in [4.69, 9.17) is 9.47 Å². The minimum absolute atomic E-state index is 0.0134. The number of amides is 1. The van der Waals surface area contributed by atoms with Gasteiger partial charge in [-0.1, -0.05) is 0 Å². The molecule has 2 heterocycles. The highest BCUT2D eigenvalue weighted by Crippen LogP contribution is 2.43. The van der Waals surface area contributed by atoms with E-state index in [-0.39, 0.29) is 34.8 Å². The number of imidazole rings is 1. The third kappa shape index (κ3) is 3.24. The molecule has 0 aliphatic carbocycles. The summed E-state index contributed by atoms with van der Waals surface area (Å²) in [5.74, 6) is 0.308. The van der Waals surface area contributed by atoms with E-state index in [1.807, 2.05) is 7.05 Å². The first-order valence-electron chi connectivity index (χ1n) is 7.90. The predicted molar refractivity (Wildman–Crippen MR) is 95.9 cm³/mol. The third-order valence-corrected chi connectivity index (χ3v) is 4.11. The van der Waals surface area contributed by atoms with Crippen LogP contribution in [-0.4, -0.2) is 39.6 Å². The molecule has 0 radical (unpaired) electrons. The first kappa shape index (κ1) is 18.1. The van der Waals surface area contributed by atoms with E-state index in [9.17, 15) is 14.9 Å². The molecule has 0 aliphatic rings. The third-order valence-electron chi connectivity index (χ3n) is 4.11. The Bertz CT molecular complexity index is 1030. The van der Waals surface area contributed by atoms with Crippen molar-refractivity contribution in [3.8, 4) is 11.5 Å². The molecule has 1 aromatic carbocycles. The second kappa shape index (κ2) is 7.28. The van der Waals surface area contributed by atoms with E-state index in [2.05, 4.69) is 15.3 Å². The summed E-state index contributed by atoms with van der Waals surface area (Å²) in [6.45, 7) is 0.190. The van der Waals surface area contributed by atoms with Crippen molar-refractivity contribution >= 4 is 22.4 Å². The van der Waals surface area contributed by atoms with Crippen molar-refractivity contribution in [2.45, 2.75) is 6.54 Å². The fraction of sp³-hybridized carbons (Fsp3) is 0.235. The molecule has 0 unspecified atom stereocenters. The van der Waals surface area contributed by atoms with Gasteiger partial charge in [0.2, 0.25) is 5.75 Å². The summed E-state index contributed by atoms with van der Waals surface area (Å²) in [4.78, 5) is 31.9. The van der Waals surface area contributed by atoms with E-state index in [1.54, 1.807) is 17.0 Å². The van der Waals surface area contributed by atoms with Crippen LogP contribution in [0.4, 0.5) is 5.69 Å². The van der Waals surface area contributed by atoms with Gasteiger partial charge in [0.15, 0.2) is 5.75 Å². The van der Waals surface area contributed by atoms with E-state index in [0.29, 0.717) is 11.2 Å². The number of hydrogen-bond donors (Lipinski definition) is 1. The van der Waals surface area contributed by atoms with Crippen LogP contribution in [0.3, 0.4) is 0 Å². The van der Waals surface area contributed by atoms with Gasteiger partial charge in [-0.3, -0.25) is 19.9 Å². The molecule has 0 aliphatic heterocycles. The van der Waals surface area contributed by atoms with Crippen molar-refractivity contribution in [1.82, 2.24) is 19.9 Å². The molecule has 1 amide bonds. The summed E-state index contributed by atoms with van der Waals surface area (Å²) < 4.78 is 12.1. The van der Waals surface area contributed by atoms with Crippen molar-refractivity contribution in [3.63, 3.8) is 0 Å². The van der Waals surface area contributed by atoms with Crippen LogP contribution in [0.5, 0.6) is 11.5 Å². The number of rotatable bonds is 6. The number of aromatic nitrogens is 3. The number of nitro groups is 1. The molecule has 0 saturated carbocycles. The Balaban J connectivity index is 2.08. The number of nitro benzene ring substituents is 1. The molecule has 0 atom stereocenters. The molecule has 140 valence electrons. The predicted octanol–water partition coefficient (Wildman–Crippen LogP) is 1.82. The Labute approximate surface area is 153 Å². The van der Waals surface area contributed by atoms with E-state index >= 15 is 0 Å². The van der Waals surface area contributed by atoms with Crippen LogP contribution >= 0.6 is 0 Å². The second-order valence-electron chi connectivity index (χ2n) is 5.61. The highest BCUT2D eigenvalue weighted by molar-refractivity contribution is 6.09. The van der Waals surface area contributed by atoms with Crippen LogP contribution in [0.25, 0.3) is 10.8 Å². The lowest BCUT2D eigenvalue weighted by molar-refractivity contribution is -0.384. The van der Waals surface area contributed by atoms with Gasteiger partial charge in [-0.2, -0.15) is 0 Å². The zero-order valence-corrected chi connectivity index (χ0v) is 14.9. The minimum Gasteiger partial charge on any atom is -0.493 e. The molecule has 0 spiro atoms. The summed E-state index contributed by atoms with van der Waals surface area (Å²) in [6.07, 6.45) is 4.73. The lowest BCUT2D eigenvalue weighted by atomic mass is 10.1. The molecule has 27 heavy (non-hydrogen) atoms. The molecule has 3 rings (SSSR count). The van der Waals surface area contributed by atoms with Crippen LogP contribution in [0, 0.1) is 10.1 Å². The number of carbonyl (C=O) groups excluding carboxylic acids is 1. The maximum atomic E-state index is 12.6. The van der Waals surface area contributed by atoms with Gasteiger partial charge in [-0.25, -0.2) is 4.98 Å². The zero-order chi connectivity index (χ0) is 19.6. The van der Waals surface area contributed by atoms with Gasteiger partial charge in [0, 0.05) is 31.0 Å². The first-order valence-corrected chi connectivity index (χ1v) is 7.90. The number of hydrogen-bond acceptors (Lipinski definition) is 7. The van der Waals surface area contributed by atoms with Crippen molar-refractivity contribution in [3.05, 3.63) is 52.4 Å². The maximum Gasteiger partial charge on any atom is 0.322 e. The fourth-order valence-electron chi connectivity index (χ4n) is 2.78. The number of nitrogens with one attached hydrogen (secondary N) is 1. The van der Waals surface area contributed by atoms with Gasteiger partial charge in [-0.15, -0.1) is 0 Å². The van der Waals surface area contributed by atoms with Gasteiger partial charge >= 0.3 is 5.69 Å². The Morgan fingerprint density at radius 2 is 2.04 bits per heavy atom. The number of fused-ring (bicyclic) bond motifs is 1. The molecule has 2 aromatic heterocycles. The van der Waals surface area contributed by atoms with Gasteiger partial charge in [0.1, 0.15) is 11.5 Å². The molecule has 0 saturated heterocycles. The van der Waals surface area contributed by atoms with E-state index < -0.39 is 10.8 Å². The minimum atomic E-state index is -0.570. The number of methoxy groups -OCH3 is 2. The quantitative estimate of drug-likeness (QED) is 0.518. The Hall–Kier alpha value is -3.69. The smallest absolute Gasteiger partial charge is 0.322 e. The van der Waals surface area contributed by atoms with Crippen molar-refractivity contribution in [2.75, 3.05) is 14.2 Å². The maximum absolute atomic E-state index is 12.6. The average Bonchev–Trinajstić information content (AvgIpc) is 3.08. The van der Waals surface area contributed by atoms with Crippen LogP contribution < -0.4 is 14.8 Å². The molecule has 10 heteroatoms. The molecule has 10 nitrogen and oxygen atoms in total. The standard InChI is InChI=1S/C17H17N5O5/c1-21-7-6-18-13(21)9-20-17(23)14-11-8-12(26-2)16(27-3)15(22(24)25)10(11)4-5-19-14/h4-8H,9H2,1-3H3,(H,20,23). The summed E-state index contributed by atoms with van der Waals surface area (Å²) in [7, 11) is 4.49. The van der Waals surface area contributed by atoms with Crippen molar-refractivity contribution in [1.29, 1.82) is 0 Å². The highest BCUT2D eigenvalue weighted by Gasteiger charge is 2.27. The number of aryl methyl sites for hydroxylation is 1. The lowest BCUT2D eigenvalue weighted by Crippen LogP contribution is -2.25. The molecular formula is C17H17N5O5. The number of pyridine rings is 1. The zero-order valence-electron chi connectivity index (χ0n) is 14.9. The van der Waals surface area contributed by atoms with Gasteiger partial charge in [0.25, 0.3) is 5.91 Å². The normalized spacial score (nSPS) is 10.6. The number of benzene rings is 1. The van der Waals surface area contributed by atoms with E-state index in [1.165, 1.54) is 32.5 Å². The summed E-state index contributed by atoms with van der Waals surface area (Å²) in [5.41, 5.74) is -0.238. The summed E-state index contributed by atoms with van der Waals surface area (Å²) >= 11 is 0. The second-order valence-corrected chi connectivity index (χ2v) is 5.61. The fourth-order valence-corrected chi connectivity index (χ4v) is 2.78. The van der Waals surface area contributed by atoms with Gasteiger partial charge < -0.3 is 19.4 Å². The largest absolute Gasteiger partial charge is 0.493 e. The number of nitrogens with zero attached hydrogens (tertiary/aromatic N) is 4. The lowest BCUT2D eigenvalue weighted by Gasteiger charge is -2.12. The van der Waals surface area contributed by atoms with Crippen LogP contribution in [-0.2, 0) is 13.6 Å². The van der Waals surface area contributed by atoms with Crippen LogP contribution in [0.1, 0.15) is 16.3 Å². The van der Waals surface area contributed by atoms with E-state index in [0.717, 1.165) is 0 Å². The highest BCUT2D eigenvalue weighted by atomic mass is 16.6. The van der Waals surface area contributed by atoms with Crippen LogP contribution in [0.2, 0.25) is 0 Å². The van der Waals surface area contributed by atoms with Gasteiger partial charge in [0.05, 0.1) is 31.1 Å². The molecule has 0 bridgehead atoms. The van der Waals surface area contributed by atoms with Crippen molar-refractivity contribution < 1.29 is 19.2 Å². The molecular weight excluding hydrogens is 354 g/mol. The van der Waals surface area contributed by atoms with Crippen molar-refractivity contribution in [2.24, 2.45) is 7.05 Å². The monoisotopic (exact) mass is 371 g/mol. The Kier molecular flexibility index (Phi) is 4.88.